The predicted octanol–water partition coefficient (Wildman–Crippen LogP) is 1.58. The van der Waals surface area contributed by atoms with Crippen LogP contribution in [-0.4, -0.2) is 29.1 Å². The first-order valence-corrected chi connectivity index (χ1v) is 6.17. The van der Waals surface area contributed by atoms with Crippen LogP contribution in [0.1, 0.15) is 21.8 Å². The van der Waals surface area contributed by atoms with Crippen LogP contribution < -0.4 is 5.73 Å². The van der Waals surface area contributed by atoms with Crippen molar-refractivity contribution < 1.29 is 9.32 Å². The van der Waals surface area contributed by atoms with Gasteiger partial charge in [-0.1, -0.05) is 35.5 Å². The number of benzene rings is 1. The normalized spacial score (nSPS) is 10.4. The Morgan fingerprint density at radius 2 is 2.11 bits per heavy atom. The van der Waals surface area contributed by atoms with Gasteiger partial charge in [-0.2, -0.15) is 0 Å². The zero-order valence-corrected chi connectivity index (χ0v) is 10.9. The summed E-state index contributed by atoms with van der Waals surface area (Å²) in [6, 6.07) is 11.4. The second-order valence-corrected chi connectivity index (χ2v) is 4.32. The molecule has 0 fully saturated rings. The lowest BCUT2D eigenvalue weighted by Gasteiger charge is -2.20. The minimum atomic E-state index is -0.161. The van der Waals surface area contributed by atoms with Crippen molar-refractivity contribution in [3.05, 3.63) is 53.4 Å². The highest BCUT2D eigenvalue weighted by Crippen LogP contribution is 2.10. The number of hydrogen-bond donors (Lipinski definition) is 1. The van der Waals surface area contributed by atoms with E-state index in [1.54, 1.807) is 17.9 Å². The first-order valence-electron chi connectivity index (χ1n) is 6.17. The Labute approximate surface area is 112 Å². The number of rotatable bonds is 5. The van der Waals surface area contributed by atoms with E-state index in [1.165, 1.54) is 0 Å². The Morgan fingerprint density at radius 3 is 2.68 bits per heavy atom. The molecule has 0 unspecified atom stereocenters. The summed E-state index contributed by atoms with van der Waals surface area (Å²) in [5.74, 6) is 0.460. The number of aromatic nitrogens is 1. The molecule has 0 radical (unpaired) electrons. The fourth-order valence-electron chi connectivity index (χ4n) is 1.84. The molecule has 2 aromatic rings. The van der Waals surface area contributed by atoms with Gasteiger partial charge in [-0.15, -0.1) is 0 Å². The molecule has 1 aromatic carbocycles. The molecule has 0 aliphatic carbocycles. The molecule has 100 valence electrons. The summed E-state index contributed by atoms with van der Waals surface area (Å²) in [5.41, 5.74) is 6.95. The second kappa shape index (κ2) is 6.15. The fraction of sp³-hybridized carbons (Fsp3) is 0.286. The van der Waals surface area contributed by atoms with Crippen molar-refractivity contribution in [3.8, 4) is 0 Å². The predicted molar refractivity (Wildman–Crippen MR) is 71.5 cm³/mol. The molecule has 1 amide bonds. The average molecular weight is 259 g/mol. The quantitative estimate of drug-likeness (QED) is 0.885. The monoisotopic (exact) mass is 259 g/mol. The van der Waals surface area contributed by atoms with Crippen LogP contribution in [0.4, 0.5) is 0 Å². The van der Waals surface area contributed by atoms with Gasteiger partial charge in [0.1, 0.15) is 5.76 Å². The molecule has 19 heavy (non-hydrogen) atoms. The molecule has 0 aliphatic heterocycles. The topological polar surface area (TPSA) is 72.4 Å². The molecule has 0 aliphatic rings. The highest BCUT2D eigenvalue weighted by atomic mass is 16.5. The van der Waals surface area contributed by atoms with Crippen LogP contribution in [-0.2, 0) is 6.54 Å². The van der Waals surface area contributed by atoms with Crippen LogP contribution in [0.3, 0.4) is 0 Å². The summed E-state index contributed by atoms with van der Waals surface area (Å²) in [6.07, 6.45) is 0. The molecule has 1 heterocycles. The number of amides is 1. The van der Waals surface area contributed by atoms with Crippen molar-refractivity contribution in [3.63, 3.8) is 0 Å². The molecule has 0 saturated carbocycles. The van der Waals surface area contributed by atoms with Crippen LogP contribution in [0.5, 0.6) is 0 Å². The maximum Gasteiger partial charge on any atom is 0.276 e. The summed E-state index contributed by atoms with van der Waals surface area (Å²) in [6.45, 7) is 3.17. The number of nitrogens with zero attached hydrogens (tertiary/aromatic N) is 2. The number of carbonyl (C=O) groups excluding carboxylic acids is 1. The molecule has 2 rings (SSSR count). The molecule has 0 saturated heterocycles. The molecular formula is C14H17N3O2. The second-order valence-electron chi connectivity index (χ2n) is 4.32. The van der Waals surface area contributed by atoms with Gasteiger partial charge in [0.2, 0.25) is 0 Å². The van der Waals surface area contributed by atoms with Crippen molar-refractivity contribution in [1.29, 1.82) is 0 Å². The molecule has 0 bridgehead atoms. The van der Waals surface area contributed by atoms with Gasteiger partial charge in [0.05, 0.1) is 0 Å². The van der Waals surface area contributed by atoms with Crippen LogP contribution in [0.25, 0.3) is 0 Å². The minimum absolute atomic E-state index is 0.161. The van der Waals surface area contributed by atoms with E-state index in [0.29, 0.717) is 31.1 Å². The Morgan fingerprint density at radius 1 is 1.37 bits per heavy atom. The Kier molecular flexibility index (Phi) is 4.30. The summed E-state index contributed by atoms with van der Waals surface area (Å²) in [4.78, 5) is 14.0. The zero-order chi connectivity index (χ0) is 13.7. The molecule has 5 heteroatoms. The molecule has 5 nitrogen and oxygen atoms in total. The Bertz CT molecular complexity index is 537. The van der Waals surface area contributed by atoms with Crippen LogP contribution in [0, 0.1) is 6.92 Å². The van der Waals surface area contributed by atoms with Gasteiger partial charge < -0.3 is 15.2 Å². The molecule has 0 spiro atoms. The van der Waals surface area contributed by atoms with E-state index in [1.807, 2.05) is 30.3 Å². The van der Waals surface area contributed by atoms with Crippen LogP contribution in [0.15, 0.2) is 40.9 Å². The summed E-state index contributed by atoms with van der Waals surface area (Å²) in [5, 5.41) is 3.75. The van der Waals surface area contributed by atoms with E-state index in [9.17, 15) is 4.79 Å². The molecule has 0 atom stereocenters. The maximum absolute atomic E-state index is 12.3. The van der Waals surface area contributed by atoms with E-state index >= 15 is 0 Å². The molecular weight excluding hydrogens is 242 g/mol. The van der Waals surface area contributed by atoms with Gasteiger partial charge >= 0.3 is 0 Å². The lowest BCUT2D eigenvalue weighted by atomic mass is 10.2. The highest BCUT2D eigenvalue weighted by molar-refractivity contribution is 5.92. The number of carbonyl (C=O) groups is 1. The van der Waals surface area contributed by atoms with Crippen molar-refractivity contribution in [2.75, 3.05) is 13.1 Å². The highest BCUT2D eigenvalue weighted by Gasteiger charge is 2.18. The van der Waals surface area contributed by atoms with Gasteiger partial charge in [0.25, 0.3) is 5.91 Å². The lowest BCUT2D eigenvalue weighted by Crippen LogP contribution is -2.35. The first kappa shape index (κ1) is 13.3. The SMILES string of the molecule is Cc1cc(C(=O)N(CCN)Cc2ccccc2)no1. The fourth-order valence-corrected chi connectivity index (χ4v) is 1.84. The van der Waals surface area contributed by atoms with Crippen molar-refractivity contribution >= 4 is 5.91 Å². The number of hydrogen-bond acceptors (Lipinski definition) is 4. The first-order chi connectivity index (χ1) is 9.20. The third-order valence-electron chi connectivity index (χ3n) is 2.75. The van der Waals surface area contributed by atoms with E-state index in [2.05, 4.69) is 5.16 Å². The van der Waals surface area contributed by atoms with Gasteiger partial charge in [0, 0.05) is 25.7 Å². The van der Waals surface area contributed by atoms with Crippen molar-refractivity contribution in [2.24, 2.45) is 5.73 Å². The average Bonchev–Trinajstić information content (AvgIpc) is 2.85. The van der Waals surface area contributed by atoms with Crippen molar-refractivity contribution in [2.45, 2.75) is 13.5 Å². The summed E-state index contributed by atoms with van der Waals surface area (Å²) in [7, 11) is 0. The Hall–Kier alpha value is -2.14. The smallest absolute Gasteiger partial charge is 0.276 e. The zero-order valence-electron chi connectivity index (χ0n) is 10.9. The minimum Gasteiger partial charge on any atom is -0.361 e. The lowest BCUT2D eigenvalue weighted by molar-refractivity contribution is 0.0737. The molecule has 2 N–H and O–H groups in total. The number of nitrogens with two attached hydrogens (primary N) is 1. The van der Waals surface area contributed by atoms with E-state index in [4.69, 9.17) is 10.3 Å². The van der Waals surface area contributed by atoms with Gasteiger partial charge in [0.15, 0.2) is 5.69 Å². The maximum atomic E-state index is 12.3. The van der Waals surface area contributed by atoms with Crippen molar-refractivity contribution in [1.82, 2.24) is 10.1 Å². The van der Waals surface area contributed by atoms with E-state index in [-0.39, 0.29) is 5.91 Å². The summed E-state index contributed by atoms with van der Waals surface area (Å²) >= 11 is 0. The standard InChI is InChI=1S/C14H17N3O2/c1-11-9-13(16-19-11)14(18)17(8-7-15)10-12-5-3-2-4-6-12/h2-6,9H,7-8,10,15H2,1H3. The van der Waals surface area contributed by atoms with Gasteiger partial charge in [-0.05, 0) is 12.5 Å². The van der Waals surface area contributed by atoms with Crippen LogP contribution in [0.2, 0.25) is 0 Å². The largest absolute Gasteiger partial charge is 0.361 e. The van der Waals surface area contributed by atoms with Gasteiger partial charge in [-0.25, -0.2) is 0 Å². The third-order valence-corrected chi connectivity index (χ3v) is 2.75. The third kappa shape index (κ3) is 3.42. The summed E-state index contributed by atoms with van der Waals surface area (Å²) < 4.78 is 4.94. The van der Waals surface area contributed by atoms with Crippen LogP contribution >= 0.6 is 0 Å². The van der Waals surface area contributed by atoms with Gasteiger partial charge in [-0.3, -0.25) is 4.79 Å². The van der Waals surface area contributed by atoms with E-state index in [0.717, 1.165) is 5.56 Å². The number of aryl methyl sites for hydroxylation is 1. The Balaban J connectivity index is 2.13. The van der Waals surface area contributed by atoms with E-state index < -0.39 is 0 Å². The molecule has 1 aromatic heterocycles.